The van der Waals surface area contributed by atoms with Crippen LogP contribution in [-0.4, -0.2) is 65.7 Å². The number of nitrogens with zero attached hydrogens (tertiary/aromatic N) is 2. The van der Waals surface area contributed by atoms with Crippen molar-refractivity contribution in [2.24, 2.45) is 0 Å². The molecular weight excluding hydrogens is 222 g/mol. The molecular formula is C11H21N3O3. The van der Waals surface area contributed by atoms with E-state index in [0.717, 1.165) is 6.42 Å². The molecule has 0 saturated carbocycles. The van der Waals surface area contributed by atoms with Crippen molar-refractivity contribution in [3.8, 4) is 0 Å². The number of carboxylic acid groups (broad SMARTS) is 1. The standard InChI is InChI=1S/C11H21N3O3/c1-3-9(2)12-11(17)14-6-4-13(5-7-14)8-10(15)16/h9H,3-8H2,1-2H3,(H,12,17)(H,15,16). The second-order valence-electron chi connectivity index (χ2n) is 4.42. The molecule has 1 aliphatic heterocycles. The Morgan fingerprint density at radius 2 is 1.88 bits per heavy atom. The molecule has 2 N–H and O–H groups in total. The molecule has 1 heterocycles. The molecule has 1 atom stereocenters. The first-order valence-electron chi connectivity index (χ1n) is 6.02. The van der Waals surface area contributed by atoms with E-state index < -0.39 is 5.97 Å². The van der Waals surface area contributed by atoms with Crippen molar-refractivity contribution < 1.29 is 14.7 Å². The summed E-state index contributed by atoms with van der Waals surface area (Å²) < 4.78 is 0. The monoisotopic (exact) mass is 243 g/mol. The Kier molecular flexibility index (Phi) is 5.21. The maximum atomic E-state index is 11.8. The SMILES string of the molecule is CCC(C)NC(=O)N1CCN(CC(=O)O)CC1. The highest BCUT2D eigenvalue weighted by molar-refractivity contribution is 5.74. The minimum atomic E-state index is -0.817. The number of hydrogen-bond acceptors (Lipinski definition) is 3. The molecule has 0 spiro atoms. The Hall–Kier alpha value is -1.30. The minimum absolute atomic E-state index is 0.0469. The molecule has 0 aromatic heterocycles. The predicted octanol–water partition coefficient (Wildman–Crippen LogP) is 0.197. The van der Waals surface area contributed by atoms with Gasteiger partial charge in [-0.15, -0.1) is 0 Å². The average Bonchev–Trinajstić information content (AvgIpc) is 2.28. The molecule has 17 heavy (non-hydrogen) atoms. The van der Waals surface area contributed by atoms with Crippen molar-refractivity contribution in [2.75, 3.05) is 32.7 Å². The molecule has 0 aromatic rings. The van der Waals surface area contributed by atoms with Gasteiger partial charge >= 0.3 is 12.0 Å². The van der Waals surface area contributed by atoms with Gasteiger partial charge in [0.1, 0.15) is 0 Å². The van der Waals surface area contributed by atoms with Gasteiger partial charge in [-0.25, -0.2) is 4.79 Å². The summed E-state index contributed by atoms with van der Waals surface area (Å²) in [6, 6.07) is 0.133. The van der Waals surface area contributed by atoms with Crippen LogP contribution >= 0.6 is 0 Å². The molecule has 1 rings (SSSR count). The van der Waals surface area contributed by atoms with E-state index in [1.807, 2.05) is 18.7 Å². The van der Waals surface area contributed by atoms with E-state index >= 15 is 0 Å². The van der Waals surface area contributed by atoms with E-state index in [4.69, 9.17) is 5.11 Å². The van der Waals surface area contributed by atoms with Gasteiger partial charge < -0.3 is 15.3 Å². The van der Waals surface area contributed by atoms with E-state index in [2.05, 4.69) is 5.32 Å². The summed E-state index contributed by atoms with van der Waals surface area (Å²) in [5.74, 6) is -0.817. The lowest BCUT2D eigenvalue weighted by molar-refractivity contribution is -0.138. The summed E-state index contributed by atoms with van der Waals surface area (Å²) in [7, 11) is 0. The van der Waals surface area contributed by atoms with Crippen molar-refractivity contribution in [1.82, 2.24) is 15.1 Å². The van der Waals surface area contributed by atoms with Gasteiger partial charge in [0.05, 0.1) is 6.54 Å². The number of rotatable bonds is 4. The highest BCUT2D eigenvalue weighted by Gasteiger charge is 2.22. The van der Waals surface area contributed by atoms with Crippen LogP contribution in [0.2, 0.25) is 0 Å². The van der Waals surface area contributed by atoms with E-state index in [9.17, 15) is 9.59 Å². The first kappa shape index (κ1) is 13.8. The zero-order chi connectivity index (χ0) is 12.8. The maximum absolute atomic E-state index is 11.8. The number of carbonyl (C=O) groups excluding carboxylic acids is 1. The highest BCUT2D eigenvalue weighted by atomic mass is 16.4. The summed E-state index contributed by atoms with van der Waals surface area (Å²) in [5.41, 5.74) is 0. The Labute approximate surface area is 102 Å². The number of aliphatic carboxylic acids is 1. The fourth-order valence-corrected chi connectivity index (χ4v) is 1.70. The molecule has 1 saturated heterocycles. The Balaban J connectivity index is 2.31. The molecule has 0 aliphatic carbocycles. The fraction of sp³-hybridized carbons (Fsp3) is 0.818. The van der Waals surface area contributed by atoms with Crippen LogP contribution < -0.4 is 5.32 Å². The molecule has 0 bridgehead atoms. The third-order valence-electron chi connectivity index (χ3n) is 3.00. The number of piperazine rings is 1. The topological polar surface area (TPSA) is 72.9 Å². The molecule has 6 nitrogen and oxygen atoms in total. The number of carbonyl (C=O) groups is 2. The zero-order valence-electron chi connectivity index (χ0n) is 10.5. The summed E-state index contributed by atoms with van der Waals surface area (Å²) in [6.07, 6.45) is 0.907. The van der Waals surface area contributed by atoms with Gasteiger partial charge in [0, 0.05) is 32.2 Å². The number of amides is 2. The summed E-state index contributed by atoms with van der Waals surface area (Å²) in [6.45, 7) is 6.49. The van der Waals surface area contributed by atoms with Gasteiger partial charge in [-0.1, -0.05) is 6.92 Å². The van der Waals surface area contributed by atoms with Crippen molar-refractivity contribution in [2.45, 2.75) is 26.3 Å². The normalized spacial score (nSPS) is 18.8. The quantitative estimate of drug-likeness (QED) is 0.739. The maximum Gasteiger partial charge on any atom is 0.317 e. The third kappa shape index (κ3) is 4.60. The zero-order valence-corrected chi connectivity index (χ0v) is 10.5. The summed E-state index contributed by atoms with van der Waals surface area (Å²) >= 11 is 0. The minimum Gasteiger partial charge on any atom is -0.480 e. The smallest absolute Gasteiger partial charge is 0.317 e. The van der Waals surface area contributed by atoms with Gasteiger partial charge in [-0.3, -0.25) is 9.69 Å². The number of nitrogens with one attached hydrogen (secondary N) is 1. The number of hydrogen-bond donors (Lipinski definition) is 2. The Morgan fingerprint density at radius 1 is 1.29 bits per heavy atom. The van der Waals surface area contributed by atoms with Crippen LogP contribution in [0.25, 0.3) is 0 Å². The van der Waals surface area contributed by atoms with Crippen LogP contribution in [0, 0.1) is 0 Å². The van der Waals surface area contributed by atoms with Crippen molar-refractivity contribution >= 4 is 12.0 Å². The number of carboxylic acids is 1. The molecule has 6 heteroatoms. The lowest BCUT2D eigenvalue weighted by Gasteiger charge is -2.34. The molecule has 98 valence electrons. The van der Waals surface area contributed by atoms with Crippen molar-refractivity contribution in [3.05, 3.63) is 0 Å². The fourth-order valence-electron chi connectivity index (χ4n) is 1.70. The molecule has 0 radical (unpaired) electrons. The van der Waals surface area contributed by atoms with Crippen LogP contribution in [0.1, 0.15) is 20.3 Å². The molecule has 2 amide bonds. The van der Waals surface area contributed by atoms with Gasteiger partial charge in [0.25, 0.3) is 0 Å². The van der Waals surface area contributed by atoms with Gasteiger partial charge in [0.2, 0.25) is 0 Å². The van der Waals surface area contributed by atoms with Gasteiger partial charge in [-0.2, -0.15) is 0 Å². The largest absolute Gasteiger partial charge is 0.480 e. The van der Waals surface area contributed by atoms with Crippen LogP contribution in [0.5, 0.6) is 0 Å². The van der Waals surface area contributed by atoms with Gasteiger partial charge in [-0.05, 0) is 13.3 Å². The molecule has 1 fully saturated rings. The second-order valence-corrected chi connectivity index (χ2v) is 4.42. The van der Waals surface area contributed by atoms with Crippen LogP contribution in [-0.2, 0) is 4.79 Å². The second kappa shape index (κ2) is 6.44. The van der Waals surface area contributed by atoms with Crippen molar-refractivity contribution in [1.29, 1.82) is 0 Å². The summed E-state index contributed by atoms with van der Waals surface area (Å²) in [4.78, 5) is 25.9. The first-order valence-corrected chi connectivity index (χ1v) is 6.02. The summed E-state index contributed by atoms with van der Waals surface area (Å²) in [5, 5.41) is 11.6. The lowest BCUT2D eigenvalue weighted by Crippen LogP contribution is -2.53. The van der Waals surface area contributed by atoms with Gasteiger partial charge in [0.15, 0.2) is 0 Å². The van der Waals surface area contributed by atoms with E-state index in [1.54, 1.807) is 4.90 Å². The van der Waals surface area contributed by atoms with Crippen LogP contribution in [0.15, 0.2) is 0 Å². The van der Waals surface area contributed by atoms with Crippen LogP contribution in [0.3, 0.4) is 0 Å². The van der Waals surface area contributed by atoms with E-state index in [-0.39, 0.29) is 18.6 Å². The van der Waals surface area contributed by atoms with E-state index in [1.165, 1.54) is 0 Å². The molecule has 1 unspecified atom stereocenters. The third-order valence-corrected chi connectivity index (χ3v) is 3.00. The van der Waals surface area contributed by atoms with Crippen LogP contribution in [0.4, 0.5) is 4.79 Å². The van der Waals surface area contributed by atoms with E-state index in [0.29, 0.717) is 26.2 Å². The highest BCUT2D eigenvalue weighted by Crippen LogP contribution is 2.02. The number of urea groups is 1. The lowest BCUT2D eigenvalue weighted by atomic mass is 10.2. The Bertz CT molecular complexity index is 275. The Morgan fingerprint density at radius 3 is 2.35 bits per heavy atom. The van der Waals surface area contributed by atoms with Crippen molar-refractivity contribution in [3.63, 3.8) is 0 Å². The molecule has 0 aromatic carbocycles. The predicted molar refractivity (Wildman–Crippen MR) is 63.9 cm³/mol. The molecule has 1 aliphatic rings. The first-order chi connectivity index (χ1) is 8.02. The average molecular weight is 243 g/mol.